The fourth-order valence-electron chi connectivity index (χ4n) is 2.43. The molecule has 0 saturated heterocycles. The number of anilines is 1. The standard InChI is InChI=1S/C19H19N3O2S/c1-24-16-9-7-14(8-10-16)13-21-17(15-5-3-2-4-6-15)18(23)22-19-20-11-12-25-19/h2-12,17,21H,13H2,1H3,(H,20,22,23)/t17-/m1/s1. The van der Waals surface area contributed by atoms with E-state index in [9.17, 15) is 4.79 Å². The first-order valence-corrected chi connectivity index (χ1v) is 8.76. The van der Waals surface area contributed by atoms with Crippen LogP contribution in [0.5, 0.6) is 5.75 Å². The van der Waals surface area contributed by atoms with Crippen molar-refractivity contribution < 1.29 is 9.53 Å². The average Bonchev–Trinajstić information content (AvgIpc) is 3.16. The SMILES string of the molecule is COc1ccc(CN[C@@H](C(=O)Nc2nccs2)c2ccccc2)cc1. The molecular weight excluding hydrogens is 334 g/mol. The highest BCUT2D eigenvalue weighted by molar-refractivity contribution is 7.13. The summed E-state index contributed by atoms with van der Waals surface area (Å²) >= 11 is 1.40. The van der Waals surface area contributed by atoms with E-state index in [2.05, 4.69) is 15.6 Å². The van der Waals surface area contributed by atoms with Crippen LogP contribution in [0, 0.1) is 0 Å². The summed E-state index contributed by atoms with van der Waals surface area (Å²) in [6.45, 7) is 0.564. The van der Waals surface area contributed by atoms with Gasteiger partial charge in [-0.05, 0) is 23.3 Å². The van der Waals surface area contributed by atoms with Crippen molar-refractivity contribution in [3.8, 4) is 5.75 Å². The van der Waals surface area contributed by atoms with E-state index in [-0.39, 0.29) is 5.91 Å². The summed E-state index contributed by atoms with van der Waals surface area (Å²) < 4.78 is 5.17. The molecule has 128 valence electrons. The van der Waals surface area contributed by atoms with Crippen LogP contribution in [0.1, 0.15) is 17.2 Å². The van der Waals surface area contributed by atoms with Gasteiger partial charge in [0.2, 0.25) is 5.91 Å². The first kappa shape index (κ1) is 17.1. The molecule has 1 atom stereocenters. The van der Waals surface area contributed by atoms with Crippen molar-refractivity contribution in [2.45, 2.75) is 12.6 Å². The number of amides is 1. The molecule has 5 nitrogen and oxygen atoms in total. The molecule has 6 heteroatoms. The first-order valence-electron chi connectivity index (χ1n) is 7.88. The molecule has 2 N–H and O–H groups in total. The van der Waals surface area contributed by atoms with Gasteiger partial charge in [0.1, 0.15) is 11.8 Å². The Morgan fingerprint density at radius 3 is 2.56 bits per heavy atom. The summed E-state index contributed by atoms with van der Waals surface area (Å²) in [7, 11) is 1.64. The number of methoxy groups -OCH3 is 1. The van der Waals surface area contributed by atoms with Gasteiger partial charge in [0.05, 0.1) is 7.11 Å². The molecule has 1 aromatic heterocycles. The quantitative estimate of drug-likeness (QED) is 0.681. The number of hydrogen-bond acceptors (Lipinski definition) is 5. The summed E-state index contributed by atoms with van der Waals surface area (Å²) in [5.41, 5.74) is 1.98. The van der Waals surface area contributed by atoms with E-state index >= 15 is 0 Å². The number of nitrogens with zero attached hydrogens (tertiary/aromatic N) is 1. The van der Waals surface area contributed by atoms with Gasteiger partial charge in [-0.15, -0.1) is 11.3 Å². The Bertz CT molecular complexity index is 789. The molecule has 0 fully saturated rings. The van der Waals surface area contributed by atoms with Crippen LogP contribution in [-0.2, 0) is 11.3 Å². The van der Waals surface area contributed by atoms with E-state index in [0.29, 0.717) is 11.7 Å². The van der Waals surface area contributed by atoms with Crippen molar-refractivity contribution in [3.05, 3.63) is 77.3 Å². The van der Waals surface area contributed by atoms with E-state index in [1.165, 1.54) is 11.3 Å². The maximum Gasteiger partial charge on any atom is 0.247 e. The van der Waals surface area contributed by atoms with Gasteiger partial charge >= 0.3 is 0 Å². The van der Waals surface area contributed by atoms with Crippen LogP contribution < -0.4 is 15.4 Å². The molecule has 0 spiro atoms. The lowest BCUT2D eigenvalue weighted by Gasteiger charge is -2.18. The Hall–Kier alpha value is -2.70. The third-order valence-electron chi connectivity index (χ3n) is 3.73. The normalized spacial score (nSPS) is 11.7. The number of ether oxygens (including phenoxy) is 1. The zero-order chi connectivity index (χ0) is 17.5. The Morgan fingerprint density at radius 1 is 1.16 bits per heavy atom. The van der Waals surface area contributed by atoms with E-state index in [1.54, 1.807) is 13.3 Å². The molecule has 25 heavy (non-hydrogen) atoms. The second-order valence-corrected chi connectivity index (χ2v) is 6.29. The number of carbonyl (C=O) groups is 1. The van der Waals surface area contributed by atoms with Gasteiger partial charge < -0.3 is 10.1 Å². The minimum atomic E-state index is -0.466. The lowest BCUT2D eigenvalue weighted by molar-refractivity contribution is -0.118. The highest BCUT2D eigenvalue weighted by Crippen LogP contribution is 2.19. The smallest absolute Gasteiger partial charge is 0.247 e. The maximum atomic E-state index is 12.7. The van der Waals surface area contributed by atoms with E-state index in [1.807, 2.05) is 60.0 Å². The molecule has 0 bridgehead atoms. The Balaban J connectivity index is 1.72. The molecular formula is C19H19N3O2S. The Labute approximate surface area is 150 Å². The van der Waals surface area contributed by atoms with E-state index in [0.717, 1.165) is 16.9 Å². The second-order valence-electron chi connectivity index (χ2n) is 5.40. The third-order valence-corrected chi connectivity index (χ3v) is 4.42. The van der Waals surface area contributed by atoms with Crippen LogP contribution in [-0.4, -0.2) is 18.0 Å². The first-order chi connectivity index (χ1) is 12.3. The molecule has 3 aromatic rings. The lowest BCUT2D eigenvalue weighted by Crippen LogP contribution is -2.32. The van der Waals surface area contributed by atoms with Crippen LogP contribution in [0.4, 0.5) is 5.13 Å². The fraction of sp³-hybridized carbons (Fsp3) is 0.158. The molecule has 0 unspecified atom stereocenters. The molecule has 2 aromatic carbocycles. The second kappa shape index (κ2) is 8.41. The number of thiazole rings is 1. The molecule has 0 radical (unpaired) electrons. The van der Waals surface area contributed by atoms with Crippen LogP contribution >= 0.6 is 11.3 Å². The minimum absolute atomic E-state index is 0.130. The summed E-state index contributed by atoms with van der Waals surface area (Å²) in [6.07, 6.45) is 1.67. The Morgan fingerprint density at radius 2 is 1.92 bits per heavy atom. The number of aromatic nitrogens is 1. The van der Waals surface area contributed by atoms with Crippen molar-refractivity contribution in [2.75, 3.05) is 12.4 Å². The topological polar surface area (TPSA) is 63.2 Å². The highest BCUT2D eigenvalue weighted by Gasteiger charge is 2.20. The van der Waals surface area contributed by atoms with E-state index < -0.39 is 6.04 Å². The van der Waals surface area contributed by atoms with Gasteiger partial charge in [0, 0.05) is 18.1 Å². The lowest BCUT2D eigenvalue weighted by atomic mass is 10.1. The zero-order valence-corrected chi connectivity index (χ0v) is 14.6. The van der Waals surface area contributed by atoms with Crippen molar-refractivity contribution in [1.29, 1.82) is 0 Å². The predicted octanol–water partition coefficient (Wildman–Crippen LogP) is 3.62. The van der Waals surface area contributed by atoms with Crippen molar-refractivity contribution in [2.24, 2.45) is 0 Å². The number of carbonyl (C=O) groups excluding carboxylic acids is 1. The average molecular weight is 353 g/mol. The fourth-order valence-corrected chi connectivity index (χ4v) is 2.97. The number of benzene rings is 2. The predicted molar refractivity (Wildman–Crippen MR) is 99.8 cm³/mol. The van der Waals surface area contributed by atoms with Gasteiger partial charge in [0.25, 0.3) is 0 Å². The molecule has 1 heterocycles. The van der Waals surface area contributed by atoms with Crippen LogP contribution in [0.2, 0.25) is 0 Å². The largest absolute Gasteiger partial charge is 0.497 e. The molecule has 0 aliphatic heterocycles. The summed E-state index contributed by atoms with van der Waals surface area (Å²) in [5.74, 6) is 0.680. The zero-order valence-electron chi connectivity index (χ0n) is 13.8. The van der Waals surface area contributed by atoms with Crippen molar-refractivity contribution in [3.63, 3.8) is 0 Å². The van der Waals surface area contributed by atoms with E-state index in [4.69, 9.17) is 4.74 Å². The third kappa shape index (κ3) is 4.65. The summed E-state index contributed by atoms with van der Waals surface area (Å²) in [4.78, 5) is 16.8. The monoisotopic (exact) mass is 353 g/mol. The highest BCUT2D eigenvalue weighted by atomic mass is 32.1. The van der Waals surface area contributed by atoms with Gasteiger partial charge in [-0.25, -0.2) is 4.98 Å². The molecule has 1 amide bonds. The van der Waals surface area contributed by atoms with Gasteiger partial charge in [-0.1, -0.05) is 42.5 Å². The molecule has 0 aliphatic carbocycles. The maximum absolute atomic E-state index is 12.7. The van der Waals surface area contributed by atoms with Crippen molar-refractivity contribution >= 4 is 22.4 Å². The van der Waals surface area contributed by atoms with Gasteiger partial charge in [-0.3, -0.25) is 10.1 Å². The molecule has 0 aliphatic rings. The summed E-state index contributed by atoms with van der Waals surface area (Å²) in [6, 6.07) is 17.0. The van der Waals surface area contributed by atoms with Crippen molar-refractivity contribution in [1.82, 2.24) is 10.3 Å². The minimum Gasteiger partial charge on any atom is -0.497 e. The van der Waals surface area contributed by atoms with Gasteiger partial charge in [0.15, 0.2) is 5.13 Å². The number of hydrogen-bond donors (Lipinski definition) is 2. The Kier molecular flexibility index (Phi) is 5.77. The van der Waals surface area contributed by atoms with Crippen LogP contribution in [0.25, 0.3) is 0 Å². The van der Waals surface area contributed by atoms with Crippen LogP contribution in [0.3, 0.4) is 0 Å². The van der Waals surface area contributed by atoms with Crippen LogP contribution in [0.15, 0.2) is 66.2 Å². The summed E-state index contributed by atoms with van der Waals surface area (Å²) in [5, 5.41) is 8.61. The molecule has 0 saturated carbocycles. The number of nitrogens with one attached hydrogen (secondary N) is 2. The number of rotatable bonds is 7. The van der Waals surface area contributed by atoms with Gasteiger partial charge in [-0.2, -0.15) is 0 Å². The molecule has 3 rings (SSSR count).